The Hall–Kier alpha value is -3.08. The lowest BCUT2D eigenvalue weighted by Crippen LogP contribution is -2.43. The zero-order valence-corrected chi connectivity index (χ0v) is 17.9. The summed E-state index contributed by atoms with van der Waals surface area (Å²) >= 11 is 0. The molecule has 160 valence electrons. The molecule has 0 saturated heterocycles. The van der Waals surface area contributed by atoms with Crippen LogP contribution in [0.15, 0.2) is 91.0 Å². The first-order valence-corrected chi connectivity index (χ1v) is 10.6. The molecule has 0 spiro atoms. The molecule has 0 unspecified atom stereocenters. The summed E-state index contributed by atoms with van der Waals surface area (Å²) in [6.45, 7) is 3.05. The predicted octanol–water partition coefficient (Wildman–Crippen LogP) is 5.63. The van der Waals surface area contributed by atoms with Crippen LogP contribution in [0, 0.1) is 0 Å². The first-order chi connectivity index (χ1) is 15.2. The average Bonchev–Trinajstić information content (AvgIpc) is 2.83. The Morgan fingerprint density at radius 3 is 1.90 bits per heavy atom. The molecule has 4 rings (SSSR count). The second-order valence-corrected chi connectivity index (χ2v) is 7.60. The third-order valence-electron chi connectivity index (χ3n) is 5.36. The van der Waals surface area contributed by atoms with Gasteiger partial charge in [-0.1, -0.05) is 60.7 Å². The van der Waals surface area contributed by atoms with Crippen LogP contribution in [0.25, 0.3) is 5.76 Å². The first kappa shape index (κ1) is 21.2. The van der Waals surface area contributed by atoms with Gasteiger partial charge in [-0.2, -0.15) is 0 Å². The van der Waals surface area contributed by atoms with E-state index in [0.717, 1.165) is 28.2 Å². The maximum absolute atomic E-state index is 6.33. The fraction of sp³-hybridized carbons (Fsp3) is 0.259. The number of methoxy groups -OCH3 is 1. The Morgan fingerprint density at radius 1 is 0.742 bits per heavy atom. The zero-order valence-electron chi connectivity index (χ0n) is 17.9. The summed E-state index contributed by atoms with van der Waals surface area (Å²) in [6, 6.07) is 28.2. The predicted molar refractivity (Wildman–Crippen MR) is 122 cm³/mol. The van der Waals surface area contributed by atoms with Gasteiger partial charge in [-0.25, -0.2) is 0 Å². The lowest BCUT2D eigenvalue weighted by Gasteiger charge is -2.35. The smallest absolute Gasteiger partial charge is 0.125 e. The lowest BCUT2D eigenvalue weighted by atomic mass is 10.0. The Balaban J connectivity index is 1.54. The van der Waals surface area contributed by atoms with Crippen LogP contribution in [-0.2, 0) is 27.4 Å². The fourth-order valence-electron chi connectivity index (χ4n) is 3.64. The molecule has 0 aliphatic carbocycles. The van der Waals surface area contributed by atoms with E-state index >= 15 is 0 Å². The van der Waals surface area contributed by atoms with E-state index in [1.54, 1.807) is 7.11 Å². The normalized spacial score (nSPS) is 20.6. The Bertz CT molecular complexity index is 967. The van der Waals surface area contributed by atoms with Gasteiger partial charge in [0.15, 0.2) is 0 Å². The van der Waals surface area contributed by atoms with E-state index in [1.165, 1.54) is 0 Å². The van der Waals surface area contributed by atoms with Gasteiger partial charge in [0, 0.05) is 5.56 Å². The summed E-state index contributed by atoms with van der Waals surface area (Å²) in [6.07, 6.45) is 1.42. The first-order valence-electron chi connectivity index (χ1n) is 10.6. The molecule has 3 aromatic rings. The average molecular weight is 417 g/mol. The number of hydrogen-bond donors (Lipinski definition) is 0. The second-order valence-electron chi connectivity index (χ2n) is 7.60. The SMILES string of the molecule is COc1ccc(C2=C[C@H](OCc3ccccc3)[C@@H](OCc3ccccc3)[C@H](C)O2)cc1. The van der Waals surface area contributed by atoms with Gasteiger partial charge in [-0.15, -0.1) is 0 Å². The molecule has 0 saturated carbocycles. The van der Waals surface area contributed by atoms with Crippen molar-refractivity contribution in [1.29, 1.82) is 0 Å². The van der Waals surface area contributed by atoms with Crippen LogP contribution in [0.2, 0.25) is 0 Å². The van der Waals surface area contributed by atoms with Crippen molar-refractivity contribution in [3.8, 4) is 5.75 Å². The Morgan fingerprint density at radius 2 is 1.32 bits per heavy atom. The van der Waals surface area contributed by atoms with Crippen LogP contribution in [0.4, 0.5) is 0 Å². The van der Waals surface area contributed by atoms with E-state index in [2.05, 4.69) is 24.3 Å². The number of rotatable bonds is 8. The fourth-order valence-corrected chi connectivity index (χ4v) is 3.64. The van der Waals surface area contributed by atoms with E-state index < -0.39 is 0 Å². The quantitative estimate of drug-likeness (QED) is 0.477. The molecule has 0 amide bonds. The van der Waals surface area contributed by atoms with Crippen LogP contribution < -0.4 is 4.74 Å². The van der Waals surface area contributed by atoms with Crippen LogP contribution in [0.3, 0.4) is 0 Å². The van der Waals surface area contributed by atoms with Crippen molar-refractivity contribution in [2.75, 3.05) is 7.11 Å². The lowest BCUT2D eigenvalue weighted by molar-refractivity contribution is -0.119. The van der Waals surface area contributed by atoms with E-state index in [4.69, 9.17) is 18.9 Å². The molecule has 4 nitrogen and oxygen atoms in total. The molecule has 3 aromatic carbocycles. The van der Waals surface area contributed by atoms with E-state index in [1.807, 2.05) is 73.7 Å². The van der Waals surface area contributed by atoms with Crippen LogP contribution in [-0.4, -0.2) is 25.4 Å². The molecule has 1 aliphatic heterocycles. The molecule has 0 bridgehead atoms. The van der Waals surface area contributed by atoms with Gasteiger partial charge in [-0.3, -0.25) is 0 Å². The highest BCUT2D eigenvalue weighted by Crippen LogP contribution is 2.31. The molecule has 4 heteroatoms. The summed E-state index contributed by atoms with van der Waals surface area (Å²) < 4.78 is 24.1. The summed E-state index contributed by atoms with van der Waals surface area (Å²) in [4.78, 5) is 0. The number of ether oxygens (including phenoxy) is 4. The number of hydrogen-bond acceptors (Lipinski definition) is 4. The highest BCUT2D eigenvalue weighted by Gasteiger charge is 2.34. The van der Waals surface area contributed by atoms with Gasteiger partial charge < -0.3 is 18.9 Å². The summed E-state index contributed by atoms with van der Waals surface area (Å²) in [7, 11) is 1.66. The molecular formula is C27H28O4. The number of benzene rings is 3. The van der Waals surface area contributed by atoms with E-state index in [9.17, 15) is 0 Å². The van der Waals surface area contributed by atoms with E-state index in [-0.39, 0.29) is 18.3 Å². The Labute approximate surface area is 184 Å². The van der Waals surface area contributed by atoms with Crippen molar-refractivity contribution < 1.29 is 18.9 Å². The van der Waals surface area contributed by atoms with Crippen LogP contribution in [0.1, 0.15) is 23.6 Å². The third kappa shape index (κ3) is 5.54. The van der Waals surface area contributed by atoms with Crippen molar-refractivity contribution in [3.05, 3.63) is 108 Å². The van der Waals surface area contributed by atoms with Crippen molar-refractivity contribution in [2.24, 2.45) is 0 Å². The van der Waals surface area contributed by atoms with Crippen LogP contribution in [0.5, 0.6) is 5.75 Å². The van der Waals surface area contributed by atoms with Crippen molar-refractivity contribution in [2.45, 2.75) is 38.4 Å². The highest BCUT2D eigenvalue weighted by atomic mass is 16.6. The molecule has 0 aromatic heterocycles. The molecule has 3 atom stereocenters. The van der Waals surface area contributed by atoms with Gasteiger partial charge in [0.05, 0.1) is 20.3 Å². The minimum atomic E-state index is -0.232. The van der Waals surface area contributed by atoms with Crippen molar-refractivity contribution in [3.63, 3.8) is 0 Å². The van der Waals surface area contributed by atoms with Gasteiger partial charge in [0.25, 0.3) is 0 Å². The Kier molecular flexibility index (Phi) is 7.03. The van der Waals surface area contributed by atoms with Gasteiger partial charge in [-0.05, 0) is 48.4 Å². The van der Waals surface area contributed by atoms with Crippen molar-refractivity contribution in [1.82, 2.24) is 0 Å². The third-order valence-corrected chi connectivity index (χ3v) is 5.36. The largest absolute Gasteiger partial charge is 0.497 e. The minimum absolute atomic E-state index is 0.161. The van der Waals surface area contributed by atoms with Gasteiger partial charge in [0.2, 0.25) is 0 Å². The van der Waals surface area contributed by atoms with Gasteiger partial charge >= 0.3 is 0 Å². The molecular weight excluding hydrogens is 388 g/mol. The summed E-state index contributed by atoms with van der Waals surface area (Å²) in [5.74, 6) is 1.61. The molecule has 0 N–H and O–H groups in total. The van der Waals surface area contributed by atoms with E-state index in [0.29, 0.717) is 13.2 Å². The minimum Gasteiger partial charge on any atom is -0.497 e. The molecule has 31 heavy (non-hydrogen) atoms. The van der Waals surface area contributed by atoms with Crippen molar-refractivity contribution >= 4 is 5.76 Å². The highest BCUT2D eigenvalue weighted by molar-refractivity contribution is 5.62. The molecule has 0 fully saturated rings. The monoisotopic (exact) mass is 416 g/mol. The second kappa shape index (κ2) is 10.3. The molecule has 0 radical (unpaired) electrons. The summed E-state index contributed by atoms with van der Waals surface area (Å²) in [5.41, 5.74) is 3.24. The standard InChI is InChI=1S/C27H28O4/c1-20-27(30-19-22-11-7-4-8-12-22)26(29-18-21-9-5-3-6-10-21)17-25(31-20)23-13-15-24(28-2)16-14-23/h3-17,20,26-27H,18-19H2,1-2H3/t20-,26-,27-/m0/s1. The maximum Gasteiger partial charge on any atom is 0.125 e. The summed E-state index contributed by atoms with van der Waals surface area (Å²) in [5, 5.41) is 0. The maximum atomic E-state index is 6.33. The molecule has 1 heterocycles. The van der Waals surface area contributed by atoms with Crippen LogP contribution >= 0.6 is 0 Å². The topological polar surface area (TPSA) is 36.9 Å². The molecule has 1 aliphatic rings. The zero-order chi connectivity index (χ0) is 21.5. The van der Waals surface area contributed by atoms with Gasteiger partial charge in [0.1, 0.15) is 29.8 Å².